The largest absolute Gasteiger partial charge is 0.482 e. The van der Waals surface area contributed by atoms with Gasteiger partial charge >= 0.3 is 0 Å². The maximum absolute atomic E-state index is 13.1. The van der Waals surface area contributed by atoms with Crippen LogP contribution in [0, 0.1) is 6.92 Å². The van der Waals surface area contributed by atoms with Gasteiger partial charge in [0.25, 0.3) is 5.91 Å². The number of nitrogens with one attached hydrogen (secondary N) is 1. The van der Waals surface area contributed by atoms with E-state index in [1.54, 1.807) is 30.0 Å². The Labute approximate surface area is 193 Å². The highest BCUT2D eigenvalue weighted by molar-refractivity contribution is 6.35. The first kappa shape index (κ1) is 23.4. The molecule has 2 amide bonds. The topological polar surface area (TPSA) is 58.6 Å². The number of nitrogens with zero attached hydrogens (tertiary/aromatic N) is 1. The highest BCUT2D eigenvalue weighted by atomic mass is 35.5. The number of hydrogen-bond donors (Lipinski definition) is 1. The lowest BCUT2D eigenvalue weighted by Crippen LogP contribution is -2.50. The van der Waals surface area contributed by atoms with Crippen molar-refractivity contribution in [2.45, 2.75) is 58.2 Å². The highest BCUT2D eigenvalue weighted by Gasteiger charge is 2.29. The van der Waals surface area contributed by atoms with Crippen molar-refractivity contribution < 1.29 is 14.3 Å². The second-order valence-corrected chi connectivity index (χ2v) is 8.82. The molecule has 5 nitrogen and oxygen atoms in total. The summed E-state index contributed by atoms with van der Waals surface area (Å²) < 4.78 is 5.65. The number of aryl methyl sites for hydroxylation is 1. The molecule has 0 unspecified atom stereocenters. The summed E-state index contributed by atoms with van der Waals surface area (Å²) in [4.78, 5) is 27.6. The van der Waals surface area contributed by atoms with Crippen LogP contribution in [0.3, 0.4) is 0 Å². The SMILES string of the molecule is Cc1ccccc1CN(C(=O)COc1ccc(Cl)cc1Cl)[C@@H](C)C(=O)NC1CCCC1. The third kappa shape index (κ3) is 6.37. The zero-order chi connectivity index (χ0) is 22.4. The summed E-state index contributed by atoms with van der Waals surface area (Å²) in [6.07, 6.45) is 4.23. The molecule has 2 aromatic carbocycles. The Morgan fingerprint density at radius 3 is 2.55 bits per heavy atom. The normalized spacial score (nSPS) is 14.8. The Morgan fingerprint density at radius 2 is 1.87 bits per heavy atom. The maximum Gasteiger partial charge on any atom is 0.261 e. The van der Waals surface area contributed by atoms with Crippen LogP contribution in [-0.4, -0.2) is 35.4 Å². The molecule has 0 aromatic heterocycles. The summed E-state index contributed by atoms with van der Waals surface area (Å²) in [6.45, 7) is 3.84. The van der Waals surface area contributed by atoms with E-state index in [1.807, 2.05) is 31.2 Å². The van der Waals surface area contributed by atoms with Crippen molar-refractivity contribution in [1.82, 2.24) is 10.2 Å². The summed E-state index contributed by atoms with van der Waals surface area (Å²) in [5.41, 5.74) is 2.05. The molecule has 2 aromatic rings. The number of ether oxygens (including phenoxy) is 1. The minimum atomic E-state index is -0.628. The van der Waals surface area contributed by atoms with Crippen molar-refractivity contribution in [3.05, 3.63) is 63.6 Å². The molecule has 1 N–H and O–H groups in total. The van der Waals surface area contributed by atoms with Crippen LogP contribution in [0.15, 0.2) is 42.5 Å². The van der Waals surface area contributed by atoms with Crippen LogP contribution in [0.1, 0.15) is 43.7 Å². The number of carbonyl (C=O) groups is 2. The van der Waals surface area contributed by atoms with E-state index in [9.17, 15) is 9.59 Å². The Balaban J connectivity index is 1.74. The van der Waals surface area contributed by atoms with Gasteiger partial charge in [0.1, 0.15) is 11.8 Å². The van der Waals surface area contributed by atoms with Gasteiger partial charge in [-0.25, -0.2) is 0 Å². The Morgan fingerprint density at radius 1 is 1.16 bits per heavy atom. The number of benzene rings is 2. The number of carbonyl (C=O) groups excluding carboxylic acids is 2. The molecule has 0 aliphatic heterocycles. The van der Waals surface area contributed by atoms with E-state index in [0.29, 0.717) is 22.3 Å². The lowest BCUT2D eigenvalue weighted by atomic mass is 10.1. The number of halogens is 2. The average molecular weight is 463 g/mol. The minimum Gasteiger partial charge on any atom is -0.482 e. The smallest absolute Gasteiger partial charge is 0.261 e. The van der Waals surface area contributed by atoms with E-state index in [0.717, 1.165) is 36.8 Å². The molecule has 7 heteroatoms. The highest BCUT2D eigenvalue weighted by Crippen LogP contribution is 2.27. The van der Waals surface area contributed by atoms with Crippen molar-refractivity contribution in [1.29, 1.82) is 0 Å². The fourth-order valence-corrected chi connectivity index (χ4v) is 4.22. The van der Waals surface area contributed by atoms with Gasteiger partial charge in [0.15, 0.2) is 6.61 Å². The molecular formula is C24H28Cl2N2O3. The zero-order valence-corrected chi connectivity index (χ0v) is 19.4. The van der Waals surface area contributed by atoms with Gasteiger partial charge in [-0.15, -0.1) is 0 Å². The summed E-state index contributed by atoms with van der Waals surface area (Å²) in [6, 6.07) is 12.2. The molecule has 0 radical (unpaired) electrons. The number of rotatable bonds is 8. The molecule has 166 valence electrons. The van der Waals surface area contributed by atoms with E-state index in [4.69, 9.17) is 27.9 Å². The van der Waals surface area contributed by atoms with Gasteiger partial charge in [0.2, 0.25) is 5.91 Å². The summed E-state index contributed by atoms with van der Waals surface area (Å²) >= 11 is 12.1. The van der Waals surface area contributed by atoms with Crippen LogP contribution in [0.25, 0.3) is 0 Å². The Bertz CT molecular complexity index is 929. The van der Waals surface area contributed by atoms with Gasteiger partial charge in [0, 0.05) is 17.6 Å². The summed E-state index contributed by atoms with van der Waals surface area (Å²) in [5, 5.41) is 3.91. The predicted octanol–water partition coefficient (Wildman–Crippen LogP) is 5.16. The van der Waals surface area contributed by atoms with Crippen LogP contribution in [-0.2, 0) is 16.1 Å². The molecule has 1 aliphatic rings. The Kier molecular flexibility index (Phi) is 8.22. The van der Waals surface area contributed by atoms with Crippen molar-refractivity contribution >= 4 is 35.0 Å². The molecule has 31 heavy (non-hydrogen) atoms. The van der Waals surface area contributed by atoms with Gasteiger partial charge in [-0.05, 0) is 56.0 Å². The molecule has 0 heterocycles. The molecule has 1 atom stereocenters. The first-order valence-corrected chi connectivity index (χ1v) is 11.3. The summed E-state index contributed by atoms with van der Waals surface area (Å²) in [7, 11) is 0. The molecule has 0 saturated heterocycles. The fraction of sp³-hybridized carbons (Fsp3) is 0.417. The average Bonchev–Trinajstić information content (AvgIpc) is 3.25. The molecule has 3 rings (SSSR count). The third-order valence-electron chi connectivity index (χ3n) is 5.72. The van der Waals surface area contributed by atoms with Crippen LogP contribution in [0.2, 0.25) is 10.0 Å². The molecule has 0 bridgehead atoms. The van der Waals surface area contributed by atoms with Crippen molar-refractivity contribution in [3.8, 4) is 5.75 Å². The first-order chi connectivity index (χ1) is 14.8. The number of hydrogen-bond acceptors (Lipinski definition) is 3. The van der Waals surface area contributed by atoms with Crippen LogP contribution >= 0.6 is 23.2 Å². The lowest BCUT2D eigenvalue weighted by Gasteiger charge is -2.30. The predicted molar refractivity (Wildman–Crippen MR) is 124 cm³/mol. The van der Waals surface area contributed by atoms with Crippen molar-refractivity contribution in [2.75, 3.05) is 6.61 Å². The summed E-state index contributed by atoms with van der Waals surface area (Å²) in [5.74, 6) is -0.0555. The van der Waals surface area contributed by atoms with Gasteiger partial charge in [0.05, 0.1) is 5.02 Å². The van der Waals surface area contributed by atoms with E-state index in [2.05, 4.69) is 5.32 Å². The second kappa shape index (κ2) is 10.9. The minimum absolute atomic E-state index is 0.140. The molecule has 1 fully saturated rings. The van der Waals surface area contributed by atoms with Crippen LogP contribution in [0.5, 0.6) is 5.75 Å². The van der Waals surface area contributed by atoms with Gasteiger partial charge < -0.3 is 15.0 Å². The molecule has 0 spiro atoms. The monoisotopic (exact) mass is 462 g/mol. The molecular weight excluding hydrogens is 435 g/mol. The van der Waals surface area contributed by atoms with E-state index < -0.39 is 6.04 Å². The second-order valence-electron chi connectivity index (χ2n) is 7.98. The first-order valence-electron chi connectivity index (χ1n) is 10.6. The van der Waals surface area contributed by atoms with Crippen LogP contribution in [0.4, 0.5) is 0 Å². The molecule has 1 saturated carbocycles. The van der Waals surface area contributed by atoms with Crippen molar-refractivity contribution in [3.63, 3.8) is 0 Å². The van der Waals surface area contributed by atoms with E-state index >= 15 is 0 Å². The standard InChI is InChI=1S/C24H28Cl2N2O3/c1-16-7-3-4-8-18(16)14-28(17(2)24(30)27-20-9-5-6-10-20)23(29)15-31-22-12-11-19(25)13-21(22)26/h3-4,7-8,11-13,17,20H,5-6,9-10,14-15H2,1-2H3,(H,27,30)/t17-/m0/s1. The lowest BCUT2D eigenvalue weighted by molar-refractivity contribution is -0.142. The van der Waals surface area contributed by atoms with Crippen LogP contribution < -0.4 is 10.1 Å². The quantitative estimate of drug-likeness (QED) is 0.589. The van der Waals surface area contributed by atoms with E-state index in [-0.39, 0.29) is 24.5 Å². The van der Waals surface area contributed by atoms with Gasteiger partial charge in [-0.1, -0.05) is 60.3 Å². The van der Waals surface area contributed by atoms with Crippen molar-refractivity contribution in [2.24, 2.45) is 0 Å². The molecule has 1 aliphatic carbocycles. The zero-order valence-electron chi connectivity index (χ0n) is 17.9. The number of amides is 2. The fourth-order valence-electron chi connectivity index (χ4n) is 3.76. The maximum atomic E-state index is 13.1. The van der Waals surface area contributed by atoms with E-state index in [1.165, 1.54) is 0 Å². The van der Waals surface area contributed by atoms with Gasteiger partial charge in [-0.2, -0.15) is 0 Å². The third-order valence-corrected chi connectivity index (χ3v) is 6.25. The Hall–Kier alpha value is -2.24. The van der Waals surface area contributed by atoms with Gasteiger partial charge in [-0.3, -0.25) is 9.59 Å².